The van der Waals surface area contributed by atoms with Crippen LogP contribution in [0.4, 0.5) is 5.13 Å². The minimum Gasteiger partial charge on any atom is -0.484 e. The summed E-state index contributed by atoms with van der Waals surface area (Å²) in [6.07, 6.45) is 0. The molecule has 0 saturated heterocycles. The van der Waals surface area contributed by atoms with E-state index in [0.717, 1.165) is 10.2 Å². The Balaban J connectivity index is 1.83. The van der Waals surface area contributed by atoms with Gasteiger partial charge in [-0.25, -0.2) is 4.98 Å². The Bertz CT molecular complexity index is 539. The van der Waals surface area contributed by atoms with Crippen molar-refractivity contribution in [1.82, 2.24) is 4.98 Å². The van der Waals surface area contributed by atoms with Gasteiger partial charge >= 0.3 is 0 Å². The Morgan fingerprint density at radius 1 is 1.44 bits per heavy atom. The van der Waals surface area contributed by atoms with Crippen LogP contribution in [0.1, 0.15) is 5.69 Å². The van der Waals surface area contributed by atoms with Gasteiger partial charge in [-0.2, -0.15) is 0 Å². The molecule has 18 heavy (non-hydrogen) atoms. The highest BCUT2D eigenvalue weighted by molar-refractivity contribution is 9.10. The van der Waals surface area contributed by atoms with Crippen molar-refractivity contribution >= 4 is 38.3 Å². The largest absolute Gasteiger partial charge is 0.484 e. The smallest absolute Gasteiger partial charge is 0.264 e. The molecular weight excluding hydrogens is 316 g/mol. The summed E-state index contributed by atoms with van der Waals surface area (Å²) in [4.78, 5) is 15.7. The number of carbonyl (C=O) groups is 1. The molecule has 94 valence electrons. The first-order valence-corrected chi connectivity index (χ1v) is 6.91. The van der Waals surface area contributed by atoms with Crippen LogP contribution in [0, 0.1) is 6.92 Å². The Hall–Kier alpha value is -1.40. The molecule has 0 fully saturated rings. The van der Waals surface area contributed by atoms with Crippen molar-refractivity contribution in [1.29, 1.82) is 0 Å². The van der Waals surface area contributed by atoms with Gasteiger partial charge in [-0.15, -0.1) is 11.3 Å². The number of ether oxygens (including phenoxy) is 1. The Kier molecular flexibility index (Phi) is 4.33. The van der Waals surface area contributed by atoms with Crippen molar-refractivity contribution in [2.45, 2.75) is 6.92 Å². The minimum absolute atomic E-state index is 0.0275. The average Bonchev–Trinajstić information content (AvgIpc) is 2.74. The molecule has 0 saturated carbocycles. The van der Waals surface area contributed by atoms with Gasteiger partial charge in [-0.3, -0.25) is 10.1 Å². The summed E-state index contributed by atoms with van der Waals surface area (Å²) >= 11 is 4.73. The molecule has 0 aliphatic heterocycles. The number of thiazole rings is 1. The van der Waals surface area contributed by atoms with Crippen molar-refractivity contribution in [3.8, 4) is 5.75 Å². The van der Waals surface area contributed by atoms with Crippen LogP contribution in [0.5, 0.6) is 5.75 Å². The Labute approximate surface area is 117 Å². The molecule has 1 N–H and O–H groups in total. The third-order valence-electron chi connectivity index (χ3n) is 2.05. The number of rotatable bonds is 4. The third-order valence-corrected chi connectivity index (χ3v) is 3.45. The monoisotopic (exact) mass is 326 g/mol. The van der Waals surface area contributed by atoms with Crippen LogP contribution < -0.4 is 10.1 Å². The molecule has 0 aliphatic carbocycles. The fourth-order valence-corrected chi connectivity index (χ4v) is 2.22. The van der Waals surface area contributed by atoms with Gasteiger partial charge in [0.15, 0.2) is 11.7 Å². The van der Waals surface area contributed by atoms with E-state index in [1.165, 1.54) is 11.3 Å². The maximum Gasteiger partial charge on any atom is 0.264 e. The summed E-state index contributed by atoms with van der Waals surface area (Å²) in [7, 11) is 0. The second-order valence-corrected chi connectivity index (χ2v) is 5.36. The van der Waals surface area contributed by atoms with E-state index in [-0.39, 0.29) is 12.5 Å². The van der Waals surface area contributed by atoms with Gasteiger partial charge < -0.3 is 4.74 Å². The molecule has 1 aromatic carbocycles. The maximum atomic E-state index is 11.6. The van der Waals surface area contributed by atoms with Gasteiger partial charge in [0.05, 0.1) is 5.69 Å². The van der Waals surface area contributed by atoms with Crippen molar-refractivity contribution in [2.24, 2.45) is 0 Å². The molecule has 1 amide bonds. The molecule has 2 rings (SSSR count). The lowest BCUT2D eigenvalue weighted by Gasteiger charge is -2.05. The molecule has 1 aromatic heterocycles. The molecule has 1 heterocycles. The first-order chi connectivity index (χ1) is 8.63. The number of aromatic nitrogens is 1. The van der Waals surface area contributed by atoms with Gasteiger partial charge in [0.2, 0.25) is 0 Å². The van der Waals surface area contributed by atoms with Crippen LogP contribution in [0.2, 0.25) is 0 Å². The van der Waals surface area contributed by atoms with Crippen molar-refractivity contribution in [2.75, 3.05) is 11.9 Å². The highest BCUT2D eigenvalue weighted by Gasteiger charge is 2.06. The predicted molar refractivity (Wildman–Crippen MR) is 75.1 cm³/mol. The number of amides is 1. The SMILES string of the molecule is Cc1csc(NC(=O)COc2ccc(Br)cc2)n1. The number of nitrogens with one attached hydrogen (secondary N) is 1. The average molecular weight is 327 g/mol. The van der Waals surface area contributed by atoms with Crippen molar-refractivity contribution in [3.63, 3.8) is 0 Å². The number of benzene rings is 1. The summed E-state index contributed by atoms with van der Waals surface area (Å²) in [5.74, 6) is 0.441. The molecule has 0 unspecified atom stereocenters. The fraction of sp³-hybridized carbons (Fsp3) is 0.167. The van der Waals surface area contributed by atoms with E-state index in [2.05, 4.69) is 26.2 Å². The van der Waals surface area contributed by atoms with Crippen LogP contribution in [0.15, 0.2) is 34.1 Å². The lowest BCUT2D eigenvalue weighted by molar-refractivity contribution is -0.118. The van der Waals surface area contributed by atoms with E-state index in [0.29, 0.717) is 10.9 Å². The normalized spacial score (nSPS) is 10.1. The standard InChI is InChI=1S/C12H11BrN2O2S/c1-8-7-18-12(14-8)15-11(16)6-17-10-4-2-9(13)3-5-10/h2-5,7H,6H2,1H3,(H,14,15,16). The first kappa shape index (κ1) is 13.0. The van der Waals surface area contributed by atoms with Crippen LogP contribution in [-0.2, 0) is 4.79 Å². The lowest BCUT2D eigenvalue weighted by Crippen LogP contribution is -2.20. The van der Waals surface area contributed by atoms with Crippen LogP contribution in [-0.4, -0.2) is 17.5 Å². The van der Waals surface area contributed by atoms with Gasteiger partial charge in [0, 0.05) is 9.85 Å². The quantitative estimate of drug-likeness (QED) is 0.938. The second-order valence-electron chi connectivity index (χ2n) is 3.58. The van der Waals surface area contributed by atoms with Gasteiger partial charge in [-0.05, 0) is 31.2 Å². The van der Waals surface area contributed by atoms with E-state index < -0.39 is 0 Å². The maximum absolute atomic E-state index is 11.6. The minimum atomic E-state index is -0.215. The predicted octanol–water partition coefficient (Wildman–Crippen LogP) is 3.23. The lowest BCUT2D eigenvalue weighted by atomic mass is 10.3. The Morgan fingerprint density at radius 3 is 2.78 bits per heavy atom. The molecule has 0 atom stereocenters. The molecule has 0 radical (unpaired) electrons. The third kappa shape index (κ3) is 3.82. The zero-order chi connectivity index (χ0) is 13.0. The van der Waals surface area contributed by atoms with Crippen molar-refractivity contribution < 1.29 is 9.53 Å². The number of hydrogen-bond acceptors (Lipinski definition) is 4. The first-order valence-electron chi connectivity index (χ1n) is 5.24. The van der Waals surface area contributed by atoms with Crippen LogP contribution in [0.3, 0.4) is 0 Å². The molecule has 0 bridgehead atoms. The molecule has 6 heteroatoms. The van der Waals surface area contributed by atoms with Gasteiger partial charge in [0.25, 0.3) is 5.91 Å². The number of aryl methyl sites for hydroxylation is 1. The summed E-state index contributed by atoms with van der Waals surface area (Å²) < 4.78 is 6.32. The topological polar surface area (TPSA) is 51.2 Å². The van der Waals surface area contributed by atoms with E-state index >= 15 is 0 Å². The Morgan fingerprint density at radius 2 is 2.17 bits per heavy atom. The number of anilines is 1. The zero-order valence-electron chi connectivity index (χ0n) is 9.64. The summed E-state index contributed by atoms with van der Waals surface area (Å²) in [6.45, 7) is 1.85. The number of halogens is 1. The van der Waals surface area contributed by atoms with Gasteiger partial charge in [0.1, 0.15) is 5.75 Å². The van der Waals surface area contributed by atoms with Crippen LogP contribution >= 0.6 is 27.3 Å². The number of carbonyl (C=O) groups excluding carboxylic acids is 1. The summed E-state index contributed by atoms with van der Waals surface area (Å²) in [5, 5.41) is 5.15. The molecule has 2 aromatic rings. The zero-order valence-corrected chi connectivity index (χ0v) is 12.0. The number of hydrogen-bond donors (Lipinski definition) is 1. The van der Waals surface area contributed by atoms with Crippen molar-refractivity contribution in [3.05, 3.63) is 39.8 Å². The van der Waals surface area contributed by atoms with Gasteiger partial charge in [-0.1, -0.05) is 15.9 Å². The second kappa shape index (κ2) is 5.97. The van der Waals surface area contributed by atoms with E-state index in [9.17, 15) is 4.79 Å². The summed E-state index contributed by atoms with van der Waals surface area (Å²) in [6, 6.07) is 7.31. The highest BCUT2D eigenvalue weighted by atomic mass is 79.9. The van der Waals surface area contributed by atoms with E-state index in [1.54, 1.807) is 12.1 Å². The van der Waals surface area contributed by atoms with E-state index in [1.807, 2.05) is 24.4 Å². The van der Waals surface area contributed by atoms with Crippen LogP contribution in [0.25, 0.3) is 0 Å². The molecule has 0 spiro atoms. The fourth-order valence-electron chi connectivity index (χ4n) is 1.25. The summed E-state index contributed by atoms with van der Waals surface area (Å²) in [5.41, 5.74) is 0.893. The number of nitrogens with zero attached hydrogens (tertiary/aromatic N) is 1. The molecule has 0 aliphatic rings. The molecular formula is C12H11BrN2O2S. The molecule has 4 nitrogen and oxygen atoms in total. The highest BCUT2D eigenvalue weighted by Crippen LogP contribution is 2.17. The van der Waals surface area contributed by atoms with E-state index in [4.69, 9.17) is 4.74 Å².